The average Bonchev–Trinajstić information content (AvgIpc) is 3.20. The first-order valence-electron chi connectivity index (χ1n) is 10.8. The number of carbonyl (C=O) groups is 1. The SMILES string of the molecule is Cc1ccc(-c2nnc(S[C@@H](C)C(=O)N(Cc3ccccc3)Cc3ccccc3)n2N)cc1. The summed E-state index contributed by atoms with van der Waals surface area (Å²) in [6.07, 6.45) is 0. The van der Waals surface area contributed by atoms with Gasteiger partial charge in [-0.15, -0.1) is 10.2 Å². The number of carbonyl (C=O) groups excluding carboxylic acids is 1. The molecule has 33 heavy (non-hydrogen) atoms. The fourth-order valence-electron chi connectivity index (χ4n) is 3.54. The lowest BCUT2D eigenvalue weighted by Gasteiger charge is -2.26. The van der Waals surface area contributed by atoms with E-state index in [9.17, 15) is 4.79 Å². The Labute approximate surface area is 198 Å². The first-order valence-corrected chi connectivity index (χ1v) is 11.7. The van der Waals surface area contributed by atoms with Crippen LogP contribution in [-0.4, -0.2) is 30.9 Å². The summed E-state index contributed by atoms with van der Waals surface area (Å²) in [5.41, 5.74) is 4.22. The Balaban J connectivity index is 1.52. The zero-order valence-corrected chi connectivity index (χ0v) is 19.6. The third-order valence-corrected chi connectivity index (χ3v) is 6.39. The number of hydrogen-bond donors (Lipinski definition) is 1. The largest absolute Gasteiger partial charge is 0.335 e. The van der Waals surface area contributed by atoms with Gasteiger partial charge in [0.05, 0.1) is 5.25 Å². The van der Waals surface area contributed by atoms with Gasteiger partial charge in [-0.1, -0.05) is 102 Å². The average molecular weight is 458 g/mol. The maximum absolute atomic E-state index is 13.5. The van der Waals surface area contributed by atoms with Gasteiger partial charge in [-0.05, 0) is 25.0 Å². The molecule has 1 heterocycles. The first-order chi connectivity index (χ1) is 16.0. The van der Waals surface area contributed by atoms with Gasteiger partial charge in [0.25, 0.3) is 0 Å². The summed E-state index contributed by atoms with van der Waals surface area (Å²) in [6.45, 7) is 4.98. The van der Waals surface area contributed by atoms with E-state index in [0.717, 1.165) is 22.3 Å². The van der Waals surface area contributed by atoms with E-state index in [2.05, 4.69) is 10.2 Å². The van der Waals surface area contributed by atoms with Crippen molar-refractivity contribution in [2.75, 3.05) is 5.84 Å². The van der Waals surface area contributed by atoms with Crippen molar-refractivity contribution in [1.29, 1.82) is 0 Å². The Kier molecular flexibility index (Phi) is 7.10. The monoisotopic (exact) mass is 457 g/mol. The minimum Gasteiger partial charge on any atom is -0.335 e. The molecule has 7 heteroatoms. The van der Waals surface area contributed by atoms with Crippen LogP contribution in [0.25, 0.3) is 11.4 Å². The maximum Gasteiger partial charge on any atom is 0.236 e. The molecule has 4 aromatic rings. The van der Waals surface area contributed by atoms with Crippen LogP contribution in [0.4, 0.5) is 0 Å². The van der Waals surface area contributed by atoms with Gasteiger partial charge in [0.2, 0.25) is 11.1 Å². The standard InChI is InChI=1S/C26H27N5OS/c1-19-13-15-23(16-14-19)24-28-29-26(31(24)27)33-20(2)25(32)30(17-21-9-5-3-6-10-21)18-22-11-7-4-8-12-22/h3-16,20H,17-18,27H2,1-2H3/t20-/m0/s1. The highest BCUT2D eigenvalue weighted by Gasteiger charge is 2.25. The number of hydrogen-bond acceptors (Lipinski definition) is 5. The number of benzene rings is 3. The topological polar surface area (TPSA) is 77.0 Å². The van der Waals surface area contributed by atoms with Gasteiger partial charge in [-0.2, -0.15) is 0 Å². The van der Waals surface area contributed by atoms with E-state index in [4.69, 9.17) is 5.84 Å². The van der Waals surface area contributed by atoms with Crippen LogP contribution in [0.1, 0.15) is 23.6 Å². The van der Waals surface area contributed by atoms with Crippen LogP contribution >= 0.6 is 11.8 Å². The lowest BCUT2D eigenvalue weighted by atomic mass is 10.1. The van der Waals surface area contributed by atoms with Gasteiger partial charge in [0.15, 0.2) is 5.82 Å². The number of aryl methyl sites for hydroxylation is 1. The van der Waals surface area contributed by atoms with Crippen molar-refractivity contribution in [2.24, 2.45) is 0 Å². The molecule has 1 atom stereocenters. The molecule has 1 aromatic heterocycles. The van der Waals surface area contributed by atoms with Crippen LogP contribution in [0.3, 0.4) is 0 Å². The van der Waals surface area contributed by atoms with Crippen molar-refractivity contribution in [2.45, 2.75) is 37.3 Å². The summed E-state index contributed by atoms with van der Waals surface area (Å²) in [5, 5.41) is 8.62. The minimum absolute atomic E-state index is 0.0209. The predicted octanol–water partition coefficient (Wildman–Crippen LogP) is 4.68. The summed E-state index contributed by atoms with van der Waals surface area (Å²) >= 11 is 1.32. The molecule has 0 radical (unpaired) electrons. The molecule has 0 aliphatic carbocycles. The second-order valence-corrected chi connectivity index (χ2v) is 9.28. The number of amides is 1. The quantitative estimate of drug-likeness (QED) is 0.307. The van der Waals surface area contributed by atoms with Crippen LogP contribution in [0.5, 0.6) is 0 Å². The van der Waals surface area contributed by atoms with Crippen molar-refractivity contribution in [3.63, 3.8) is 0 Å². The predicted molar refractivity (Wildman–Crippen MR) is 133 cm³/mol. The number of nitrogens with zero attached hydrogens (tertiary/aromatic N) is 4. The van der Waals surface area contributed by atoms with E-state index in [1.165, 1.54) is 16.4 Å². The molecule has 2 N–H and O–H groups in total. The molecule has 0 saturated carbocycles. The highest BCUT2D eigenvalue weighted by molar-refractivity contribution is 8.00. The summed E-state index contributed by atoms with van der Waals surface area (Å²) in [6, 6.07) is 28.0. The minimum atomic E-state index is -0.380. The fraction of sp³-hybridized carbons (Fsp3) is 0.192. The van der Waals surface area contributed by atoms with Gasteiger partial charge < -0.3 is 10.7 Å². The fourth-order valence-corrected chi connectivity index (χ4v) is 4.40. The summed E-state index contributed by atoms with van der Waals surface area (Å²) in [5.74, 6) is 6.88. The smallest absolute Gasteiger partial charge is 0.236 e. The van der Waals surface area contributed by atoms with Crippen molar-refractivity contribution in [1.82, 2.24) is 19.8 Å². The van der Waals surface area contributed by atoms with Crippen molar-refractivity contribution in [3.8, 4) is 11.4 Å². The molecule has 0 aliphatic rings. The highest BCUT2D eigenvalue weighted by atomic mass is 32.2. The van der Waals surface area contributed by atoms with Crippen LogP contribution < -0.4 is 5.84 Å². The van der Waals surface area contributed by atoms with Gasteiger partial charge in [0, 0.05) is 18.7 Å². The Morgan fingerprint density at radius 1 is 0.909 bits per heavy atom. The van der Waals surface area contributed by atoms with Crippen LogP contribution in [0, 0.1) is 6.92 Å². The second-order valence-electron chi connectivity index (χ2n) is 7.97. The Morgan fingerprint density at radius 3 is 2.00 bits per heavy atom. The maximum atomic E-state index is 13.5. The lowest BCUT2D eigenvalue weighted by Crippen LogP contribution is -2.36. The first kappa shape index (κ1) is 22.6. The van der Waals surface area contributed by atoms with Gasteiger partial charge in [-0.25, -0.2) is 4.68 Å². The third kappa shape index (κ3) is 5.62. The molecular formula is C26H27N5OS. The molecule has 4 rings (SSSR count). The third-order valence-electron chi connectivity index (χ3n) is 5.35. The number of nitrogens with two attached hydrogens (primary N) is 1. The molecule has 3 aromatic carbocycles. The van der Waals surface area contributed by atoms with E-state index in [0.29, 0.717) is 24.1 Å². The van der Waals surface area contributed by atoms with E-state index < -0.39 is 0 Å². The lowest BCUT2D eigenvalue weighted by molar-refractivity contribution is -0.131. The van der Waals surface area contributed by atoms with Crippen LogP contribution in [0.2, 0.25) is 0 Å². The molecule has 0 unspecified atom stereocenters. The van der Waals surface area contributed by atoms with Crippen molar-refractivity contribution in [3.05, 3.63) is 102 Å². The Hall–Kier alpha value is -3.58. The van der Waals surface area contributed by atoms with Crippen LogP contribution in [0.15, 0.2) is 90.1 Å². The molecule has 0 fully saturated rings. The van der Waals surface area contributed by atoms with Gasteiger partial charge in [-0.3, -0.25) is 4.79 Å². The Bertz CT molecular complexity index is 1150. The van der Waals surface area contributed by atoms with E-state index in [1.807, 2.05) is 104 Å². The molecule has 1 amide bonds. The van der Waals surface area contributed by atoms with Crippen LogP contribution in [-0.2, 0) is 17.9 Å². The molecule has 0 saturated heterocycles. The number of aromatic nitrogens is 3. The molecule has 0 spiro atoms. The van der Waals surface area contributed by atoms with E-state index >= 15 is 0 Å². The van der Waals surface area contributed by atoms with Gasteiger partial charge in [0.1, 0.15) is 0 Å². The summed E-state index contributed by atoms with van der Waals surface area (Å²) in [4.78, 5) is 15.4. The Morgan fingerprint density at radius 2 is 1.45 bits per heavy atom. The zero-order valence-electron chi connectivity index (χ0n) is 18.8. The van der Waals surface area contributed by atoms with Crippen molar-refractivity contribution >= 4 is 17.7 Å². The van der Waals surface area contributed by atoms with E-state index in [1.54, 1.807) is 0 Å². The highest BCUT2D eigenvalue weighted by Crippen LogP contribution is 2.27. The molecule has 0 bridgehead atoms. The summed E-state index contributed by atoms with van der Waals surface area (Å²) < 4.78 is 1.46. The number of rotatable bonds is 8. The van der Waals surface area contributed by atoms with E-state index in [-0.39, 0.29) is 11.2 Å². The van der Waals surface area contributed by atoms with Gasteiger partial charge >= 0.3 is 0 Å². The molecular weight excluding hydrogens is 430 g/mol. The zero-order chi connectivity index (χ0) is 23.2. The van der Waals surface area contributed by atoms with Crippen molar-refractivity contribution < 1.29 is 4.79 Å². The number of thioether (sulfide) groups is 1. The normalized spacial score (nSPS) is 11.8. The second kappa shape index (κ2) is 10.4. The molecule has 6 nitrogen and oxygen atoms in total. The summed E-state index contributed by atoms with van der Waals surface area (Å²) in [7, 11) is 0. The number of nitrogen functional groups attached to an aromatic ring is 1. The molecule has 168 valence electrons. The molecule has 0 aliphatic heterocycles.